The third-order valence-corrected chi connectivity index (χ3v) is 15.4. The Morgan fingerprint density at radius 3 is 0.818 bits per heavy atom. The predicted octanol–water partition coefficient (Wildman–Crippen LogP) is 23.7. The molecule has 0 rings (SSSR count). The SMILES string of the molecule is CC/C=C\C/C=C\C/C=C\C/C=C\C/C=C\C/C=C\C/C=C\C/C=C\C/C=C\C/C=C\C/C=C\CCCCCC(=O)OC(COC(=O)CCCCCCCCCCCCCC/C=C\C/C=C\C/C=C\C/C=C\C/C=C\C/C=C\C/C=C\C/C=C\CC)COC(OCC[N+](C)(C)C)C(=O)[O-]. The maximum absolute atomic E-state index is 13.0. The van der Waals surface area contributed by atoms with Crippen LogP contribution in [0.4, 0.5) is 0 Å². The highest BCUT2D eigenvalue weighted by Gasteiger charge is 2.22. The second kappa shape index (κ2) is 77.1. The first-order valence-corrected chi connectivity index (χ1v) is 38.5. The summed E-state index contributed by atoms with van der Waals surface area (Å²) < 4.78 is 22.8. The van der Waals surface area contributed by atoms with E-state index in [0.29, 0.717) is 17.4 Å². The third kappa shape index (κ3) is 78.6. The number of ether oxygens (including phenoxy) is 4. The van der Waals surface area contributed by atoms with Crippen LogP contribution >= 0.6 is 0 Å². The molecule has 9 nitrogen and oxygen atoms in total. The highest BCUT2D eigenvalue weighted by Crippen LogP contribution is 2.15. The molecule has 0 aliphatic rings. The number of aliphatic carboxylic acids is 1. The molecular weight excluding hydrogens is 1220 g/mol. The van der Waals surface area contributed by atoms with Gasteiger partial charge in [-0.1, -0.05) is 315 Å². The molecule has 0 aromatic heterocycles. The largest absolute Gasteiger partial charge is 0.545 e. The van der Waals surface area contributed by atoms with Gasteiger partial charge in [-0.2, -0.15) is 0 Å². The minimum absolute atomic E-state index is 0.128. The maximum Gasteiger partial charge on any atom is 0.306 e. The molecule has 0 amide bonds. The lowest BCUT2D eigenvalue weighted by Gasteiger charge is -2.26. The molecule has 0 spiro atoms. The van der Waals surface area contributed by atoms with E-state index in [2.05, 4.69) is 245 Å². The van der Waals surface area contributed by atoms with Crippen molar-refractivity contribution in [2.45, 2.75) is 270 Å². The predicted molar refractivity (Wildman–Crippen MR) is 425 cm³/mol. The zero-order chi connectivity index (χ0) is 71.8. The molecule has 0 saturated carbocycles. The van der Waals surface area contributed by atoms with Crippen molar-refractivity contribution in [1.82, 2.24) is 0 Å². The summed E-state index contributed by atoms with van der Waals surface area (Å²) in [6, 6.07) is 0. The Balaban J connectivity index is 4.23. The highest BCUT2D eigenvalue weighted by molar-refractivity contribution is 5.70. The zero-order valence-corrected chi connectivity index (χ0v) is 63.0. The first kappa shape index (κ1) is 92.4. The monoisotopic (exact) mass is 1360 g/mol. The van der Waals surface area contributed by atoms with E-state index in [1.807, 2.05) is 21.1 Å². The lowest BCUT2D eigenvalue weighted by molar-refractivity contribution is -0.870. The van der Waals surface area contributed by atoms with Crippen LogP contribution in [0, 0.1) is 0 Å². The van der Waals surface area contributed by atoms with Gasteiger partial charge in [-0.05, 0) is 161 Å². The molecule has 0 bridgehead atoms. The number of esters is 2. The lowest BCUT2D eigenvalue weighted by atomic mass is 10.0. The Bertz CT molecular complexity index is 2490. The smallest absolute Gasteiger partial charge is 0.306 e. The average Bonchev–Trinajstić information content (AvgIpc) is 2.19. The molecule has 0 N–H and O–H groups in total. The lowest BCUT2D eigenvalue weighted by Crippen LogP contribution is -2.44. The summed E-state index contributed by atoms with van der Waals surface area (Å²) in [5.74, 6) is -2.35. The van der Waals surface area contributed by atoms with Gasteiger partial charge in [0, 0.05) is 12.8 Å². The van der Waals surface area contributed by atoms with Gasteiger partial charge in [0.25, 0.3) is 0 Å². The normalized spacial score (nSPS) is 14.0. The van der Waals surface area contributed by atoms with Gasteiger partial charge >= 0.3 is 11.9 Å². The number of quaternary nitrogens is 1. The highest BCUT2D eigenvalue weighted by atomic mass is 16.7. The summed E-state index contributed by atoms with van der Waals surface area (Å²) >= 11 is 0. The van der Waals surface area contributed by atoms with Gasteiger partial charge in [-0.3, -0.25) is 9.59 Å². The summed E-state index contributed by atoms with van der Waals surface area (Å²) in [4.78, 5) is 37.6. The molecule has 2 atom stereocenters. The molecule has 0 aromatic carbocycles. The van der Waals surface area contributed by atoms with Gasteiger partial charge in [-0.15, -0.1) is 0 Å². The molecule has 0 aromatic rings. The van der Waals surface area contributed by atoms with Crippen LogP contribution in [-0.4, -0.2) is 82.3 Å². The van der Waals surface area contributed by atoms with Crippen molar-refractivity contribution in [2.24, 2.45) is 0 Å². The van der Waals surface area contributed by atoms with Crippen molar-refractivity contribution in [1.29, 1.82) is 0 Å². The Hall–Kier alpha value is -6.65. The van der Waals surface area contributed by atoms with E-state index in [0.717, 1.165) is 173 Å². The summed E-state index contributed by atoms with van der Waals surface area (Å²) in [7, 11) is 5.90. The van der Waals surface area contributed by atoms with E-state index in [4.69, 9.17) is 18.9 Å². The fourth-order valence-corrected chi connectivity index (χ4v) is 9.62. The molecule has 0 aliphatic carbocycles. The van der Waals surface area contributed by atoms with Gasteiger partial charge in [0.15, 0.2) is 12.4 Å². The third-order valence-electron chi connectivity index (χ3n) is 15.4. The number of unbranched alkanes of at least 4 members (excludes halogenated alkanes) is 15. The summed E-state index contributed by atoms with van der Waals surface area (Å²) in [6.45, 7) is 4.45. The second-order valence-corrected chi connectivity index (χ2v) is 25.8. The topological polar surface area (TPSA) is 111 Å². The Morgan fingerprint density at radius 2 is 0.545 bits per heavy atom. The second-order valence-electron chi connectivity index (χ2n) is 25.8. The number of rotatable bonds is 68. The van der Waals surface area contributed by atoms with E-state index in [1.54, 1.807) is 0 Å². The number of hydrogen-bond donors (Lipinski definition) is 0. The van der Waals surface area contributed by atoms with Crippen molar-refractivity contribution in [3.63, 3.8) is 0 Å². The van der Waals surface area contributed by atoms with Crippen LogP contribution in [0.3, 0.4) is 0 Å². The van der Waals surface area contributed by atoms with Crippen molar-refractivity contribution in [2.75, 3.05) is 47.5 Å². The van der Waals surface area contributed by atoms with Crippen molar-refractivity contribution in [3.05, 3.63) is 231 Å². The van der Waals surface area contributed by atoms with Gasteiger partial charge in [-0.25, -0.2) is 0 Å². The number of nitrogens with zero attached hydrogens (tertiary/aromatic N) is 1. The number of likely N-dealkylation sites (N-methyl/N-ethyl adjacent to an activating group) is 1. The average molecular weight is 1360 g/mol. The van der Waals surface area contributed by atoms with E-state index >= 15 is 0 Å². The fourth-order valence-electron chi connectivity index (χ4n) is 9.62. The summed E-state index contributed by atoms with van der Waals surface area (Å²) in [5.41, 5.74) is 0. The van der Waals surface area contributed by atoms with Crippen molar-refractivity contribution in [3.8, 4) is 0 Å². The number of carbonyl (C=O) groups excluding carboxylic acids is 3. The van der Waals surface area contributed by atoms with Gasteiger partial charge in [0.2, 0.25) is 0 Å². The van der Waals surface area contributed by atoms with E-state index in [-0.39, 0.29) is 38.6 Å². The first-order valence-electron chi connectivity index (χ1n) is 38.5. The number of carbonyl (C=O) groups is 3. The number of hydrogen-bond acceptors (Lipinski definition) is 8. The zero-order valence-electron chi connectivity index (χ0n) is 63.0. The van der Waals surface area contributed by atoms with E-state index < -0.39 is 24.3 Å². The molecule has 2 unspecified atom stereocenters. The molecule has 9 heteroatoms. The molecule has 0 aliphatic heterocycles. The van der Waals surface area contributed by atoms with Crippen LogP contribution in [-0.2, 0) is 33.3 Å². The van der Waals surface area contributed by atoms with Crippen molar-refractivity contribution >= 4 is 17.9 Å². The van der Waals surface area contributed by atoms with Crippen LogP contribution < -0.4 is 5.11 Å². The fraction of sp³-hybridized carbons (Fsp3) is 0.544. The molecular formula is C90H139NO8. The molecule has 0 fully saturated rings. The number of allylic oxidation sites excluding steroid dienone is 38. The van der Waals surface area contributed by atoms with Crippen LogP contribution in [0.2, 0.25) is 0 Å². The summed E-state index contributed by atoms with van der Waals surface area (Å²) in [5, 5.41) is 11.9. The Kier molecular flexibility index (Phi) is 71.9. The number of carboxylic acids is 1. The standard InChI is InChI=1S/C90H139NO8/c1-6-8-10-12-14-16-18-20-22-24-26-28-30-32-34-36-38-40-42-44-46-48-50-52-54-56-58-60-62-64-66-68-70-72-74-76-78-80-87(92)97-84-86(85-98-90(89(94)95)96-83-82-91(3,4)5)99-88(93)81-79-77-75-73-71-69-67-65-63-61-59-57-55-53-51-49-47-45-43-41-39-37-35-33-31-29-27-25-23-21-19-17-15-13-11-9-7-2/h8-11,14-17,20-23,26-29,32-35,38-41,44-47,50-53,57,59,63,65,69,71,86,90H,6-7,12-13,18-19,24-25,30-31,36-37,42-43,48-49,54-56,58,60-62,64,66-68,70,72-85H2,1-5H3/b10-8-,11-9-,16-14-,17-15-,22-20-,23-21-,28-26-,29-27-,34-32-,35-33-,40-38-,41-39-,46-44-,47-45-,52-50-,53-51-,59-57-,65-63-,71-69-. The van der Waals surface area contributed by atoms with E-state index in [1.165, 1.54) is 51.4 Å². The minimum atomic E-state index is -1.65. The molecule has 0 radical (unpaired) electrons. The Morgan fingerprint density at radius 1 is 0.303 bits per heavy atom. The Labute approximate surface area is 606 Å². The first-order chi connectivity index (χ1) is 48.6. The van der Waals surface area contributed by atoms with Crippen LogP contribution in [0.25, 0.3) is 0 Å². The van der Waals surface area contributed by atoms with Gasteiger partial charge in [0.1, 0.15) is 13.2 Å². The number of carboxylic acid groups (broad SMARTS) is 1. The maximum atomic E-state index is 13.0. The van der Waals surface area contributed by atoms with E-state index in [9.17, 15) is 19.5 Å². The van der Waals surface area contributed by atoms with Crippen LogP contribution in [0.15, 0.2) is 231 Å². The molecule has 0 saturated heterocycles. The van der Waals surface area contributed by atoms with Crippen LogP contribution in [0.5, 0.6) is 0 Å². The summed E-state index contributed by atoms with van der Waals surface area (Å²) in [6.07, 6.45) is 120. The quantitative estimate of drug-likeness (QED) is 0.0195. The van der Waals surface area contributed by atoms with Gasteiger partial charge < -0.3 is 33.3 Å². The molecule has 99 heavy (non-hydrogen) atoms. The molecule has 0 heterocycles. The van der Waals surface area contributed by atoms with Crippen LogP contribution in [0.1, 0.15) is 258 Å². The van der Waals surface area contributed by atoms with Gasteiger partial charge in [0.05, 0.1) is 40.3 Å². The molecule has 552 valence electrons. The van der Waals surface area contributed by atoms with Crippen molar-refractivity contribution < 1.29 is 42.9 Å². The minimum Gasteiger partial charge on any atom is -0.545 e.